The van der Waals surface area contributed by atoms with Crippen LogP contribution >= 0.6 is 0 Å². The predicted octanol–water partition coefficient (Wildman–Crippen LogP) is 3.69. The van der Waals surface area contributed by atoms with E-state index in [1.54, 1.807) is 0 Å². The largest absolute Gasteiger partial charge is 0.322 e. The van der Waals surface area contributed by atoms with Crippen LogP contribution in [-0.2, 0) is 6.54 Å². The summed E-state index contributed by atoms with van der Waals surface area (Å²) in [4.78, 5) is 18.7. The maximum absolute atomic E-state index is 13.3. The number of hydrogen-bond acceptors (Lipinski definition) is 5. The van der Waals surface area contributed by atoms with Gasteiger partial charge in [-0.15, -0.1) is 5.10 Å². The van der Waals surface area contributed by atoms with Crippen molar-refractivity contribution in [2.45, 2.75) is 39.3 Å². The molecule has 5 rings (SSSR count). The Morgan fingerprint density at radius 2 is 1.88 bits per heavy atom. The van der Waals surface area contributed by atoms with Crippen LogP contribution in [0.3, 0.4) is 0 Å². The van der Waals surface area contributed by atoms with E-state index in [-0.39, 0.29) is 11.6 Å². The van der Waals surface area contributed by atoms with E-state index in [2.05, 4.69) is 57.5 Å². The van der Waals surface area contributed by atoms with Gasteiger partial charge in [-0.05, 0) is 78.3 Å². The summed E-state index contributed by atoms with van der Waals surface area (Å²) in [6.45, 7) is 6.74. The van der Waals surface area contributed by atoms with Gasteiger partial charge in [-0.1, -0.05) is 48.9 Å². The first-order chi connectivity index (χ1) is 15.6. The highest BCUT2D eigenvalue weighted by Gasteiger charge is 2.32. The van der Waals surface area contributed by atoms with E-state index in [0.29, 0.717) is 23.9 Å². The van der Waals surface area contributed by atoms with E-state index < -0.39 is 0 Å². The number of aryl methyl sites for hydroxylation is 1. The summed E-state index contributed by atoms with van der Waals surface area (Å²) in [5.74, 6) is 1.39. The van der Waals surface area contributed by atoms with E-state index >= 15 is 0 Å². The first-order valence-electron chi connectivity index (χ1n) is 11.3. The second kappa shape index (κ2) is 8.67. The normalized spacial score (nSPS) is 16.4. The predicted molar refractivity (Wildman–Crippen MR) is 124 cm³/mol. The highest BCUT2D eigenvalue weighted by molar-refractivity contribution is 5.79. The minimum Gasteiger partial charge on any atom is -0.322 e. The molecule has 0 saturated carbocycles. The molecular weight excluding hydrogens is 400 g/mol. The summed E-state index contributed by atoms with van der Waals surface area (Å²) >= 11 is 0. The number of tetrazole rings is 1. The second-order valence-electron chi connectivity index (χ2n) is 8.95. The number of nitrogens with zero attached hydrogens (tertiary/aromatic N) is 5. The van der Waals surface area contributed by atoms with Crippen molar-refractivity contribution in [3.8, 4) is 0 Å². The standard InChI is InChI=1S/C25H28N6O/c1-17-10-12-30(13-11-17)23(21-15-20-14-18(2)8-9-22(20)26-25(21)32)24-27-28-29-31(24)16-19-6-4-3-5-7-19/h3-9,14-15,17,23H,10-13,16H2,1-2H3,(H,26,32)/t23-/m0/s1. The third-order valence-electron chi connectivity index (χ3n) is 6.49. The lowest BCUT2D eigenvalue weighted by Gasteiger charge is -2.35. The zero-order chi connectivity index (χ0) is 22.1. The fourth-order valence-electron chi connectivity index (χ4n) is 4.61. The fourth-order valence-corrected chi connectivity index (χ4v) is 4.61. The molecule has 1 aliphatic rings. The van der Waals surface area contributed by atoms with Gasteiger partial charge in [0.05, 0.1) is 6.54 Å². The number of nitrogens with one attached hydrogen (secondary N) is 1. The number of benzene rings is 2. The van der Waals surface area contributed by atoms with Crippen LogP contribution in [0.4, 0.5) is 0 Å². The van der Waals surface area contributed by atoms with Crippen molar-refractivity contribution < 1.29 is 0 Å². The molecule has 0 spiro atoms. The molecule has 2 aromatic carbocycles. The maximum atomic E-state index is 13.3. The minimum atomic E-state index is -0.296. The Labute approximate surface area is 187 Å². The summed E-state index contributed by atoms with van der Waals surface area (Å²) in [5, 5.41) is 13.7. The average molecular weight is 429 g/mol. The Morgan fingerprint density at radius 3 is 2.66 bits per heavy atom. The smallest absolute Gasteiger partial charge is 0.253 e. The van der Waals surface area contributed by atoms with Crippen LogP contribution < -0.4 is 5.56 Å². The summed E-state index contributed by atoms with van der Waals surface area (Å²) in [5.41, 5.74) is 3.74. The Balaban J connectivity index is 1.62. The van der Waals surface area contributed by atoms with Gasteiger partial charge in [0, 0.05) is 11.1 Å². The van der Waals surface area contributed by atoms with Crippen molar-refractivity contribution in [1.82, 2.24) is 30.1 Å². The Kier molecular flexibility index (Phi) is 5.57. The van der Waals surface area contributed by atoms with Crippen LogP contribution in [-0.4, -0.2) is 43.2 Å². The van der Waals surface area contributed by atoms with Crippen LogP contribution in [0.5, 0.6) is 0 Å². The van der Waals surface area contributed by atoms with E-state index in [1.165, 1.54) is 0 Å². The van der Waals surface area contributed by atoms with Gasteiger partial charge in [-0.3, -0.25) is 9.69 Å². The molecule has 0 radical (unpaired) electrons. The quantitative estimate of drug-likeness (QED) is 0.524. The first kappa shape index (κ1) is 20.6. The van der Waals surface area contributed by atoms with Gasteiger partial charge in [0.25, 0.3) is 5.56 Å². The lowest BCUT2D eigenvalue weighted by Crippen LogP contribution is -2.40. The molecule has 1 fully saturated rings. The zero-order valence-electron chi connectivity index (χ0n) is 18.5. The van der Waals surface area contributed by atoms with E-state index in [1.807, 2.05) is 41.1 Å². The van der Waals surface area contributed by atoms with Crippen LogP contribution in [0.2, 0.25) is 0 Å². The van der Waals surface area contributed by atoms with Crippen molar-refractivity contribution in [2.75, 3.05) is 13.1 Å². The third-order valence-corrected chi connectivity index (χ3v) is 6.49. The molecule has 1 N–H and O–H groups in total. The molecular formula is C25H28N6O. The molecule has 164 valence electrons. The molecule has 7 nitrogen and oxygen atoms in total. The molecule has 0 amide bonds. The topological polar surface area (TPSA) is 79.7 Å². The molecule has 0 bridgehead atoms. The van der Waals surface area contributed by atoms with E-state index in [9.17, 15) is 4.79 Å². The molecule has 0 aliphatic carbocycles. The number of likely N-dealkylation sites (tertiary alicyclic amines) is 1. The first-order valence-corrected chi connectivity index (χ1v) is 11.3. The Hall–Kier alpha value is -3.32. The van der Waals surface area contributed by atoms with Gasteiger partial charge in [0.1, 0.15) is 6.04 Å². The summed E-state index contributed by atoms with van der Waals surface area (Å²) in [6, 6.07) is 18.0. The second-order valence-corrected chi connectivity index (χ2v) is 8.95. The average Bonchev–Trinajstić information content (AvgIpc) is 3.24. The molecule has 1 atom stereocenters. The molecule has 32 heavy (non-hydrogen) atoms. The summed E-state index contributed by atoms with van der Waals surface area (Å²) in [7, 11) is 0. The van der Waals surface area contributed by atoms with Gasteiger partial charge in [0.15, 0.2) is 5.82 Å². The van der Waals surface area contributed by atoms with Crippen molar-refractivity contribution >= 4 is 10.9 Å². The fraction of sp³-hybridized carbons (Fsp3) is 0.360. The number of aromatic nitrogens is 5. The lowest BCUT2D eigenvalue weighted by atomic mass is 9.95. The number of rotatable bonds is 5. The molecule has 2 aromatic heterocycles. The third kappa shape index (κ3) is 4.08. The number of piperidine rings is 1. The molecule has 4 aromatic rings. The van der Waals surface area contributed by atoms with Crippen molar-refractivity contribution in [3.63, 3.8) is 0 Å². The number of hydrogen-bond donors (Lipinski definition) is 1. The van der Waals surface area contributed by atoms with Crippen LogP contribution in [0.1, 0.15) is 48.3 Å². The van der Waals surface area contributed by atoms with Crippen LogP contribution in [0, 0.1) is 12.8 Å². The Morgan fingerprint density at radius 1 is 1.09 bits per heavy atom. The van der Waals surface area contributed by atoms with Gasteiger partial charge in [-0.25, -0.2) is 4.68 Å². The Bertz CT molecular complexity index is 1270. The van der Waals surface area contributed by atoms with Gasteiger partial charge >= 0.3 is 0 Å². The number of H-pyrrole nitrogens is 1. The van der Waals surface area contributed by atoms with Gasteiger partial charge in [0.2, 0.25) is 0 Å². The zero-order valence-corrected chi connectivity index (χ0v) is 18.5. The summed E-state index contributed by atoms with van der Waals surface area (Å²) < 4.78 is 1.83. The molecule has 1 saturated heterocycles. The van der Waals surface area contributed by atoms with Crippen LogP contribution in [0.25, 0.3) is 10.9 Å². The number of aromatic amines is 1. The highest BCUT2D eigenvalue weighted by Crippen LogP contribution is 2.31. The van der Waals surface area contributed by atoms with Gasteiger partial charge < -0.3 is 4.98 Å². The lowest BCUT2D eigenvalue weighted by molar-refractivity contribution is 0.149. The minimum absolute atomic E-state index is 0.0840. The van der Waals surface area contributed by atoms with Crippen LogP contribution in [0.15, 0.2) is 59.4 Å². The van der Waals surface area contributed by atoms with Crippen molar-refractivity contribution in [1.29, 1.82) is 0 Å². The molecule has 7 heteroatoms. The summed E-state index contributed by atoms with van der Waals surface area (Å²) in [6.07, 6.45) is 2.20. The van der Waals surface area contributed by atoms with Crippen molar-refractivity contribution in [2.24, 2.45) is 5.92 Å². The number of pyridine rings is 1. The van der Waals surface area contributed by atoms with Crippen molar-refractivity contribution in [3.05, 3.63) is 87.5 Å². The number of fused-ring (bicyclic) bond motifs is 1. The van der Waals surface area contributed by atoms with E-state index in [4.69, 9.17) is 0 Å². The monoisotopic (exact) mass is 428 g/mol. The highest BCUT2D eigenvalue weighted by atomic mass is 16.1. The SMILES string of the molecule is Cc1ccc2[nH]c(=O)c([C@@H](c3nnnn3Cc3ccccc3)N3CCC(C)CC3)cc2c1. The van der Waals surface area contributed by atoms with E-state index in [0.717, 1.165) is 48.0 Å². The molecule has 0 unspecified atom stereocenters. The maximum Gasteiger partial charge on any atom is 0.253 e. The molecule has 3 heterocycles. The van der Waals surface area contributed by atoms with Gasteiger partial charge in [-0.2, -0.15) is 0 Å². The molecule has 1 aliphatic heterocycles.